The number of likely N-dealkylation sites (N-methyl/N-ethyl adjacent to an activating group) is 1. The number of nitrogens with one attached hydrogen (secondary N) is 1. The van der Waals surface area contributed by atoms with Crippen LogP contribution in [-0.4, -0.2) is 57.6 Å². The summed E-state index contributed by atoms with van der Waals surface area (Å²) in [4.78, 5) is 20.5. The monoisotopic (exact) mass is 477 g/mol. The van der Waals surface area contributed by atoms with Crippen LogP contribution in [0, 0.1) is 21.4 Å². The van der Waals surface area contributed by atoms with Gasteiger partial charge in [-0.3, -0.25) is 9.55 Å². The van der Waals surface area contributed by atoms with Gasteiger partial charge in [0.1, 0.15) is 12.3 Å². The summed E-state index contributed by atoms with van der Waals surface area (Å²) in [6.45, 7) is 7.71. The second-order valence-electron chi connectivity index (χ2n) is 8.41. The lowest BCUT2D eigenvalue weighted by Gasteiger charge is -2.24. The van der Waals surface area contributed by atoms with Gasteiger partial charge in [-0.2, -0.15) is 5.26 Å². The Kier molecular flexibility index (Phi) is 8.89. The van der Waals surface area contributed by atoms with E-state index in [1.165, 1.54) is 17.5 Å². The average molecular weight is 478 g/mol. The molecule has 2 aromatic heterocycles. The van der Waals surface area contributed by atoms with Crippen LogP contribution < -0.4 is 10.1 Å². The van der Waals surface area contributed by atoms with Gasteiger partial charge < -0.3 is 25.1 Å². The highest BCUT2D eigenvalue weighted by Gasteiger charge is 2.28. The first-order chi connectivity index (χ1) is 16.8. The molecule has 184 valence electrons. The van der Waals surface area contributed by atoms with E-state index < -0.39 is 4.92 Å². The molecule has 35 heavy (non-hydrogen) atoms. The molecule has 4 heterocycles. The molecule has 2 aliphatic rings. The number of fused-ring (bicyclic) bond motifs is 2. The predicted molar refractivity (Wildman–Crippen MR) is 133 cm³/mol. The molecule has 0 spiro atoms. The Labute approximate surface area is 205 Å². The molecule has 0 bridgehead atoms. The van der Waals surface area contributed by atoms with Crippen molar-refractivity contribution < 1.29 is 9.66 Å². The van der Waals surface area contributed by atoms with Crippen molar-refractivity contribution in [2.45, 2.75) is 39.5 Å². The summed E-state index contributed by atoms with van der Waals surface area (Å²) in [5.74, 6) is -0.156. The second kappa shape index (κ2) is 12.1. The van der Waals surface area contributed by atoms with Crippen LogP contribution in [-0.2, 0) is 19.5 Å². The van der Waals surface area contributed by atoms with E-state index >= 15 is 0 Å². The average Bonchev–Trinajstić information content (AvgIpc) is 3.42. The van der Waals surface area contributed by atoms with E-state index in [0.29, 0.717) is 18.1 Å². The zero-order valence-corrected chi connectivity index (χ0v) is 20.6. The summed E-state index contributed by atoms with van der Waals surface area (Å²) in [7, 11) is 4.07. The quantitative estimate of drug-likeness (QED) is 0.450. The number of aromatic nitrogens is 3. The molecule has 1 atom stereocenters. The minimum absolute atomic E-state index is 0.0632. The Bertz CT molecular complexity index is 1160. The highest BCUT2D eigenvalue weighted by molar-refractivity contribution is 5.61. The van der Waals surface area contributed by atoms with Crippen LogP contribution in [0.2, 0.25) is 0 Å². The predicted octanol–water partition coefficient (Wildman–Crippen LogP) is 3.41. The smallest absolute Gasteiger partial charge is 0.414 e. The fourth-order valence-corrected chi connectivity index (χ4v) is 3.63. The van der Waals surface area contributed by atoms with Crippen molar-refractivity contribution in [1.82, 2.24) is 24.8 Å². The Balaban J connectivity index is 0.000000183. The lowest BCUT2D eigenvalue weighted by molar-refractivity contribution is -0.389. The number of nitriles is 1. The normalized spacial score (nSPS) is 15.8. The van der Waals surface area contributed by atoms with Crippen molar-refractivity contribution in [3.8, 4) is 23.3 Å². The third-order valence-electron chi connectivity index (χ3n) is 5.58. The third kappa shape index (κ3) is 6.85. The molecule has 0 saturated carbocycles. The van der Waals surface area contributed by atoms with Crippen LogP contribution in [0.5, 0.6) is 6.01 Å². The number of imidazole rings is 1. The standard InChI is InChI=1S/C16H15N3.C6H7N3O3.C3H9N/c1-19-9-8-16-14(11-19)6-7-15(18-16)13-4-2-12(10-17)3-5-13;1-4-2-8-3-5(9(10)11)7-6(8)12-4;1-3-4-2/h2-7H,8-9,11H2,1H3;3-4H,2H2,1H3;4H,3H2,1-2H3. The Morgan fingerprint density at radius 2 is 1.97 bits per heavy atom. The van der Waals surface area contributed by atoms with Crippen molar-refractivity contribution in [2.24, 2.45) is 0 Å². The van der Waals surface area contributed by atoms with E-state index in [-0.39, 0.29) is 11.9 Å². The minimum Gasteiger partial charge on any atom is -0.441 e. The zero-order chi connectivity index (χ0) is 25.4. The highest BCUT2D eigenvalue weighted by atomic mass is 16.6. The van der Waals surface area contributed by atoms with E-state index in [9.17, 15) is 10.1 Å². The first-order valence-corrected chi connectivity index (χ1v) is 11.5. The molecule has 5 rings (SSSR count). The van der Waals surface area contributed by atoms with Crippen LogP contribution in [0.25, 0.3) is 11.3 Å². The lowest BCUT2D eigenvalue weighted by Crippen LogP contribution is -2.27. The minimum atomic E-state index is -0.528. The number of benzene rings is 1. The van der Waals surface area contributed by atoms with Crippen LogP contribution in [0.15, 0.2) is 42.6 Å². The SMILES string of the molecule is CC1Cn2cc([N+](=O)[O-])nc2O1.CCNC.CN1CCc2nc(-c3ccc(C#N)cc3)ccc2C1. The summed E-state index contributed by atoms with van der Waals surface area (Å²) in [6.07, 6.45) is 2.46. The van der Waals surface area contributed by atoms with Gasteiger partial charge in [0.15, 0.2) is 0 Å². The number of hydrogen-bond acceptors (Lipinski definition) is 8. The molecule has 0 amide bonds. The van der Waals surface area contributed by atoms with Crippen LogP contribution in [0.3, 0.4) is 0 Å². The van der Waals surface area contributed by atoms with Crippen LogP contribution >= 0.6 is 0 Å². The summed E-state index contributed by atoms with van der Waals surface area (Å²) < 4.78 is 6.83. The Morgan fingerprint density at radius 1 is 1.26 bits per heavy atom. The molecule has 10 heteroatoms. The number of rotatable bonds is 3. The topological polar surface area (TPSA) is 122 Å². The fraction of sp³-hybridized carbons (Fsp3) is 0.400. The molecule has 2 aliphatic heterocycles. The number of nitrogens with zero attached hydrogens (tertiary/aromatic N) is 6. The molecule has 1 aromatic carbocycles. The highest BCUT2D eigenvalue weighted by Crippen LogP contribution is 2.24. The Morgan fingerprint density at radius 3 is 2.57 bits per heavy atom. The maximum Gasteiger partial charge on any atom is 0.414 e. The van der Waals surface area contributed by atoms with Gasteiger partial charge in [-0.05, 0) is 56.2 Å². The maximum absolute atomic E-state index is 10.3. The number of pyridine rings is 1. The lowest BCUT2D eigenvalue weighted by atomic mass is 10.0. The molecule has 0 fully saturated rings. The van der Waals surface area contributed by atoms with Gasteiger partial charge in [-0.25, -0.2) is 0 Å². The molecular weight excluding hydrogens is 446 g/mol. The fourth-order valence-electron chi connectivity index (χ4n) is 3.63. The van der Waals surface area contributed by atoms with Gasteiger partial charge in [-0.1, -0.05) is 25.1 Å². The molecule has 0 radical (unpaired) electrons. The number of hydrogen-bond donors (Lipinski definition) is 1. The van der Waals surface area contributed by atoms with Crippen LogP contribution in [0.4, 0.5) is 5.82 Å². The van der Waals surface area contributed by atoms with Gasteiger partial charge in [0, 0.05) is 35.8 Å². The molecule has 10 nitrogen and oxygen atoms in total. The van der Waals surface area contributed by atoms with Crippen molar-refractivity contribution >= 4 is 5.82 Å². The van der Waals surface area contributed by atoms with E-state index in [4.69, 9.17) is 15.0 Å². The number of ether oxygens (including phenoxy) is 1. The van der Waals surface area contributed by atoms with Gasteiger partial charge in [0.25, 0.3) is 0 Å². The van der Waals surface area contributed by atoms with Crippen molar-refractivity contribution in [3.05, 3.63) is 69.5 Å². The summed E-state index contributed by atoms with van der Waals surface area (Å²) in [5, 5.41) is 22.0. The van der Waals surface area contributed by atoms with E-state index in [0.717, 1.165) is 37.3 Å². The van der Waals surface area contributed by atoms with Gasteiger partial charge in [0.05, 0.1) is 23.9 Å². The molecule has 0 saturated heterocycles. The molecule has 1 N–H and O–H groups in total. The number of nitro groups is 1. The van der Waals surface area contributed by atoms with Crippen molar-refractivity contribution in [3.63, 3.8) is 0 Å². The largest absolute Gasteiger partial charge is 0.441 e. The molecular formula is C25H31N7O3. The van der Waals surface area contributed by atoms with Crippen molar-refractivity contribution in [1.29, 1.82) is 5.26 Å². The third-order valence-corrected chi connectivity index (χ3v) is 5.58. The van der Waals surface area contributed by atoms with Gasteiger partial charge >= 0.3 is 11.8 Å². The zero-order valence-electron chi connectivity index (χ0n) is 20.6. The van der Waals surface area contributed by atoms with E-state index in [2.05, 4.69) is 47.4 Å². The van der Waals surface area contributed by atoms with Gasteiger partial charge in [-0.15, -0.1) is 0 Å². The van der Waals surface area contributed by atoms with Gasteiger partial charge in [0.2, 0.25) is 0 Å². The first-order valence-electron chi connectivity index (χ1n) is 11.5. The van der Waals surface area contributed by atoms with Crippen molar-refractivity contribution in [2.75, 3.05) is 27.2 Å². The first kappa shape index (κ1) is 25.8. The second-order valence-corrected chi connectivity index (χ2v) is 8.41. The Hall–Kier alpha value is -3.81. The molecule has 1 unspecified atom stereocenters. The summed E-state index contributed by atoms with van der Waals surface area (Å²) in [5.41, 5.74) is 5.28. The van der Waals surface area contributed by atoms with Crippen LogP contribution in [0.1, 0.15) is 30.7 Å². The molecule has 3 aromatic rings. The van der Waals surface area contributed by atoms with E-state index in [1.807, 2.05) is 38.2 Å². The summed E-state index contributed by atoms with van der Waals surface area (Å²) >= 11 is 0. The molecule has 0 aliphatic carbocycles. The van der Waals surface area contributed by atoms with E-state index in [1.54, 1.807) is 4.57 Å². The maximum atomic E-state index is 10.3. The summed E-state index contributed by atoms with van der Waals surface area (Å²) in [6, 6.07) is 14.3.